The molecule has 4 nitrogen and oxygen atoms in total. The molecule has 0 aliphatic carbocycles. The first kappa shape index (κ1) is 15.3. The Labute approximate surface area is 114 Å². The number of carbonyl (C=O) groups excluding carboxylic acids is 1. The Morgan fingerprint density at radius 2 is 1.79 bits per heavy atom. The van der Waals surface area contributed by atoms with Gasteiger partial charge in [-0.25, -0.2) is 0 Å². The Kier molecular flexibility index (Phi) is 4.77. The molecular weight excluding hydrogens is 258 g/mol. The highest BCUT2D eigenvalue weighted by atomic mass is 28.3. The van der Waals surface area contributed by atoms with E-state index < -0.39 is 13.0 Å². The maximum atomic E-state index is 12.0. The molecule has 19 heavy (non-hydrogen) atoms. The summed E-state index contributed by atoms with van der Waals surface area (Å²) < 4.78 is 0. The van der Waals surface area contributed by atoms with Gasteiger partial charge < -0.3 is 0 Å². The standard InChI is InChI=1S/C14H19NO3Si/c1-11(10-19(2,3)4)9-14(16)12-5-7-13(8-6-12)15(17)18/h5-8H,1,9-10H2,2-4H3. The van der Waals surface area contributed by atoms with E-state index in [-0.39, 0.29) is 11.5 Å². The summed E-state index contributed by atoms with van der Waals surface area (Å²) in [6.45, 7) is 10.6. The topological polar surface area (TPSA) is 60.2 Å². The molecule has 0 aliphatic rings. The lowest BCUT2D eigenvalue weighted by atomic mass is 10.0. The Balaban J connectivity index is 2.68. The van der Waals surface area contributed by atoms with Crippen LogP contribution in [0.4, 0.5) is 5.69 Å². The lowest BCUT2D eigenvalue weighted by Gasteiger charge is -2.17. The first-order valence-corrected chi connectivity index (χ1v) is 9.84. The molecule has 1 aromatic carbocycles. The average Bonchev–Trinajstić information content (AvgIpc) is 2.26. The maximum Gasteiger partial charge on any atom is 0.269 e. The van der Waals surface area contributed by atoms with Crippen molar-refractivity contribution in [2.75, 3.05) is 0 Å². The SMILES string of the molecule is C=C(CC(=O)c1ccc([N+](=O)[O-])cc1)C[Si](C)(C)C. The second-order valence-electron chi connectivity index (χ2n) is 5.89. The number of hydrogen-bond acceptors (Lipinski definition) is 3. The van der Waals surface area contributed by atoms with Crippen molar-refractivity contribution in [3.05, 3.63) is 52.1 Å². The molecule has 0 saturated carbocycles. The maximum absolute atomic E-state index is 12.0. The van der Waals surface area contributed by atoms with Gasteiger partial charge in [0.25, 0.3) is 5.69 Å². The van der Waals surface area contributed by atoms with Crippen molar-refractivity contribution in [1.29, 1.82) is 0 Å². The molecule has 0 aromatic heterocycles. The Morgan fingerprint density at radius 1 is 1.26 bits per heavy atom. The third kappa shape index (κ3) is 5.17. The minimum atomic E-state index is -1.25. The number of Topliss-reactive ketones (excluding diaryl/α,β-unsaturated/α-hetero) is 1. The number of nitro groups is 1. The molecule has 102 valence electrons. The molecule has 0 amide bonds. The van der Waals surface area contributed by atoms with Crippen molar-refractivity contribution < 1.29 is 9.72 Å². The van der Waals surface area contributed by atoms with E-state index in [0.29, 0.717) is 12.0 Å². The van der Waals surface area contributed by atoms with E-state index in [4.69, 9.17) is 0 Å². The Bertz CT molecular complexity index is 500. The molecule has 0 heterocycles. The summed E-state index contributed by atoms with van der Waals surface area (Å²) >= 11 is 0. The van der Waals surface area contributed by atoms with E-state index in [1.165, 1.54) is 24.3 Å². The molecule has 5 heteroatoms. The summed E-state index contributed by atoms with van der Waals surface area (Å²) in [5.41, 5.74) is 1.45. The Morgan fingerprint density at radius 3 is 2.21 bits per heavy atom. The van der Waals surface area contributed by atoms with Gasteiger partial charge >= 0.3 is 0 Å². The molecule has 0 bridgehead atoms. The molecular formula is C14H19NO3Si. The van der Waals surface area contributed by atoms with Gasteiger partial charge in [-0.3, -0.25) is 14.9 Å². The summed E-state index contributed by atoms with van der Waals surface area (Å²) in [6.07, 6.45) is 0.322. The molecule has 0 spiro atoms. The Hall–Kier alpha value is -1.75. The van der Waals surface area contributed by atoms with Gasteiger partial charge in [-0.2, -0.15) is 0 Å². The fourth-order valence-corrected chi connectivity index (χ4v) is 3.54. The zero-order chi connectivity index (χ0) is 14.6. The summed E-state index contributed by atoms with van der Waals surface area (Å²) in [4.78, 5) is 22.1. The van der Waals surface area contributed by atoms with Crippen LogP contribution in [0.3, 0.4) is 0 Å². The van der Waals surface area contributed by atoms with Crippen molar-refractivity contribution >= 4 is 19.5 Å². The van der Waals surface area contributed by atoms with Crippen molar-refractivity contribution in [3.63, 3.8) is 0 Å². The number of hydrogen-bond donors (Lipinski definition) is 0. The average molecular weight is 277 g/mol. The minimum Gasteiger partial charge on any atom is -0.294 e. The number of allylic oxidation sites excluding steroid dienone is 1. The van der Waals surface area contributed by atoms with Crippen molar-refractivity contribution in [2.45, 2.75) is 32.1 Å². The number of benzene rings is 1. The van der Waals surface area contributed by atoms with Crippen LogP contribution in [0, 0.1) is 10.1 Å². The van der Waals surface area contributed by atoms with Gasteiger partial charge in [-0.15, -0.1) is 0 Å². The van der Waals surface area contributed by atoms with Crippen molar-refractivity contribution in [3.8, 4) is 0 Å². The lowest BCUT2D eigenvalue weighted by Crippen LogP contribution is -2.20. The van der Waals surface area contributed by atoms with Crippen molar-refractivity contribution in [1.82, 2.24) is 0 Å². The third-order valence-corrected chi connectivity index (χ3v) is 4.15. The summed E-state index contributed by atoms with van der Waals surface area (Å²) in [6, 6.07) is 6.64. The predicted molar refractivity (Wildman–Crippen MR) is 79.3 cm³/mol. The van der Waals surface area contributed by atoms with Gasteiger partial charge in [-0.1, -0.05) is 31.8 Å². The zero-order valence-corrected chi connectivity index (χ0v) is 12.6. The molecule has 0 unspecified atom stereocenters. The van der Waals surface area contributed by atoms with E-state index in [2.05, 4.69) is 26.2 Å². The predicted octanol–water partition coefficient (Wildman–Crippen LogP) is 4.06. The molecule has 0 radical (unpaired) electrons. The molecule has 0 N–H and O–H groups in total. The highest BCUT2D eigenvalue weighted by molar-refractivity contribution is 6.76. The molecule has 1 aromatic rings. The highest BCUT2D eigenvalue weighted by Gasteiger charge is 2.17. The second kappa shape index (κ2) is 5.93. The summed E-state index contributed by atoms with van der Waals surface area (Å²) in [5.74, 6) is -0.0295. The van der Waals surface area contributed by atoms with Crippen LogP contribution in [0.1, 0.15) is 16.8 Å². The van der Waals surface area contributed by atoms with Crippen LogP contribution in [0.5, 0.6) is 0 Å². The quantitative estimate of drug-likeness (QED) is 0.259. The number of rotatable bonds is 6. The smallest absolute Gasteiger partial charge is 0.269 e. The monoisotopic (exact) mass is 277 g/mol. The van der Waals surface area contributed by atoms with Gasteiger partial charge in [0, 0.05) is 32.2 Å². The first-order chi connectivity index (χ1) is 8.69. The number of nitro benzene ring substituents is 1. The van der Waals surface area contributed by atoms with Gasteiger partial charge in [0.2, 0.25) is 0 Å². The van der Waals surface area contributed by atoms with Crippen LogP contribution in [-0.4, -0.2) is 18.8 Å². The highest BCUT2D eigenvalue weighted by Crippen LogP contribution is 2.20. The van der Waals surface area contributed by atoms with E-state index in [0.717, 1.165) is 11.6 Å². The van der Waals surface area contributed by atoms with Crippen LogP contribution >= 0.6 is 0 Å². The minimum absolute atomic E-state index is 0.00234. The molecule has 0 fully saturated rings. The van der Waals surface area contributed by atoms with Crippen molar-refractivity contribution in [2.24, 2.45) is 0 Å². The van der Waals surface area contributed by atoms with Gasteiger partial charge in [0.15, 0.2) is 5.78 Å². The fraction of sp³-hybridized carbons (Fsp3) is 0.357. The molecule has 0 saturated heterocycles. The molecule has 0 atom stereocenters. The van der Waals surface area contributed by atoms with Crippen LogP contribution in [-0.2, 0) is 0 Å². The van der Waals surface area contributed by atoms with Crippen LogP contribution in [0.25, 0.3) is 0 Å². The number of nitrogens with zero attached hydrogens (tertiary/aromatic N) is 1. The van der Waals surface area contributed by atoms with Gasteiger partial charge in [-0.05, 0) is 18.2 Å². The number of ketones is 1. The first-order valence-electron chi connectivity index (χ1n) is 6.13. The van der Waals surface area contributed by atoms with E-state index in [9.17, 15) is 14.9 Å². The van der Waals surface area contributed by atoms with E-state index >= 15 is 0 Å². The number of non-ortho nitro benzene ring substituents is 1. The van der Waals surface area contributed by atoms with Crippen LogP contribution < -0.4 is 0 Å². The van der Waals surface area contributed by atoms with E-state index in [1.54, 1.807) is 0 Å². The molecule has 1 rings (SSSR count). The lowest BCUT2D eigenvalue weighted by molar-refractivity contribution is -0.384. The van der Waals surface area contributed by atoms with Crippen LogP contribution in [0.2, 0.25) is 25.7 Å². The summed E-state index contributed by atoms with van der Waals surface area (Å²) in [5, 5.41) is 10.5. The zero-order valence-electron chi connectivity index (χ0n) is 11.6. The fourth-order valence-electron chi connectivity index (χ4n) is 1.91. The summed E-state index contributed by atoms with van der Waals surface area (Å²) in [7, 11) is -1.25. The molecule has 0 aliphatic heterocycles. The third-order valence-electron chi connectivity index (χ3n) is 2.59. The largest absolute Gasteiger partial charge is 0.294 e. The number of carbonyl (C=O) groups is 1. The van der Waals surface area contributed by atoms with E-state index in [1.807, 2.05) is 0 Å². The van der Waals surface area contributed by atoms with Gasteiger partial charge in [0.1, 0.15) is 0 Å². The van der Waals surface area contributed by atoms with Crippen LogP contribution in [0.15, 0.2) is 36.4 Å². The second-order valence-corrected chi connectivity index (χ2v) is 11.4. The normalized spacial score (nSPS) is 11.1. The van der Waals surface area contributed by atoms with Gasteiger partial charge in [0.05, 0.1) is 4.92 Å².